The van der Waals surface area contributed by atoms with E-state index in [0.717, 1.165) is 11.3 Å². The van der Waals surface area contributed by atoms with Gasteiger partial charge in [-0.2, -0.15) is 4.99 Å². The number of carbonyl (C=O) groups excluding carboxylic acids is 1. The first-order chi connectivity index (χ1) is 5.16. The number of hydrogen-bond donors (Lipinski definition) is 0. The number of rotatable bonds is 1. The molecule has 1 aromatic heterocycles. The lowest BCUT2D eigenvalue weighted by atomic mass is 10.2. The van der Waals surface area contributed by atoms with Gasteiger partial charge in [-0.1, -0.05) is 0 Å². The largest absolute Gasteiger partial charge is 0.464 e. The van der Waals surface area contributed by atoms with E-state index in [9.17, 15) is 4.79 Å². The number of furan rings is 1. The van der Waals surface area contributed by atoms with Crippen LogP contribution in [0.3, 0.4) is 0 Å². The summed E-state index contributed by atoms with van der Waals surface area (Å²) >= 11 is 0. The number of aliphatic imine (C=N–C) groups is 1. The van der Waals surface area contributed by atoms with Crippen molar-refractivity contribution in [2.75, 3.05) is 0 Å². The molecule has 0 atom stereocenters. The molecule has 0 aliphatic heterocycles. The lowest BCUT2D eigenvalue weighted by Gasteiger charge is -1.85. The number of nitrogens with zero attached hydrogens (tertiary/aromatic N) is 1. The van der Waals surface area contributed by atoms with Crippen molar-refractivity contribution in [1.29, 1.82) is 0 Å². The molecule has 3 nitrogen and oxygen atoms in total. The lowest BCUT2D eigenvalue weighted by molar-refractivity contribution is 0.503. The van der Waals surface area contributed by atoms with Crippen LogP contribution in [0.1, 0.15) is 17.1 Å². The molecule has 0 N–H and O–H groups in total. The molecule has 1 aromatic rings. The van der Waals surface area contributed by atoms with Crippen molar-refractivity contribution in [2.45, 2.75) is 20.8 Å². The Balaban J connectivity index is 3.33. The molecule has 1 heterocycles. The van der Waals surface area contributed by atoms with Gasteiger partial charge in [0.05, 0.1) is 0 Å². The highest BCUT2D eigenvalue weighted by Crippen LogP contribution is 2.28. The lowest BCUT2D eigenvalue weighted by Crippen LogP contribution is -1.69. The normalized spacial score (nSPS) is 9.36. The maximum Gasteiger partial charge on any atom is 0.240 e. The van der Waals surface area contributed by atoms with Crippen molar-refractivity contribution in [3.63, 3.8) is 0 Å². The van der Waals surface area contributed by atoms with Gasteiger partial charge in [0.2, 0.25) is 6.08 Å². The number of aryl methyl sites for hydroxylation is 2. The molecule has 58 valence electrons. The summed E-state index contributed by atoms with van der Waals surface area (Å²) in [5.41, 5.74) is 1.52. The van der Waals surface area contributed by atoms with Crippen molar-refractivity contribution < 1.29 is 9.21 Å². The van der Waals surface area contributed by atoms with Gasteiger partial charge in [-0.15, -0.1) is 0 Å². The second kappa shape index (κ2) is 2.72. The SMILES string of the molecule is Cc1oc(C)c(N=C=O)c1C. The van der Waals surface area contributed by atoms with Crippen LogP contribution < -0.4 is 0 Å². The summed E-state index contributed by atoms with van der Waals surface area (Å²) in [6, 6.07) is 0. The van der Waals surface area contributed by atoms with E-state index in [1.807, 2.05) is 13.8 Å². The van der Waals surface area contributed by atoms with Gasteiger partial charge in [0.1, 0.15) is 17.2 Å². The topological polar surface area (TPSA) is 42.6 Å². The van der Waals surface area contributed by atoms with Crippen LogP contribution in [0.25, 0.3) is 0 Å². The van der Waals surface area contributed by atoms with Crippen LogP contribution in [-0.2, 0) is 4.79 Å². The quantitative estimate of drug-likeness (QED) is 0.456. The highest BCUT2D eigenvalue weighted by molar-refractivity contribution is 5.56. The second-order valence-corrected chi connectivity index (χ2v) is 2.39. The predicted octanol–water partition coefficient (Wildman–Crippen LogP) is 2.17. The summed E-state index contributed by atoms with van der Waals surface area (Å²) in [7, 11) is 0. The van der Waals surface area contributed by atoms with Gasteiger partial charge in [0.25, 0.3) is 0 Å². The van der Waals surface area contributed by atoms with Crippen molar-refractivity contribution in [3.8, 4) is 0 Å². The van der Waals surface area contributed by atoms with E-state index in [4.69, 9.17) is 4.42 Å². The molecular formula is C8H9NO2. The van der Waals surface area contributed by atoms with Crippen molar-refractivity contribution >= 4 is 11.8 Å². The maximum atomic E-state index is 9.95. The maximum absolute atomic E-state index is 9.95. The molecule has 0 aromatic carbocycles. The summed E-state index contributed by atoms with van der Waals surface area (Å²) in [6.45, 7) is 5.48. The molecule has 0 amide bonds. The highest BCUT2D eigenvalue weighted by Gasteiger charge is 2.08. The van der Waals surface area contributed by atoms with Gasteiger partial charge < -0.3 is 4.42 Å². The Labute approximate surface area is 64.7 Å². The van der Waals surface area contributed by atoms with Crippen molar-refractivity contribution in [1.82, 2.24) is 0 Å². The minimum atomic E-state index is 0.609. The van der Waals surface area contributed by atoms with Gasteiger partial charge in [0, 0.05) is 5.56 Å². The van der Waals surface area contributed by atoms with Crippen LogP contribution in [0.15, 0.2) is 9.41 Å². The first-order valence-electron chi connectivity index (χ1n) is 3.31. The third-order valence-electron chi connectivity index (χ3n) is 1.68. The van der Waals surface area contributed by atoms with Gasteiger partial charge in [-0.25, -0.2) is 4.79 Å². The molecule has 0 radical (unpaired) electrons. The zero-order valence-electron chi connectivity index (χ0n) is 6.76. The van der Waals surface area contributed by atoms with Crippen LogP contribution in [0.5, 0.6) is 0 Å². The first-order valence-corrected chi connectivity index (χ1v) is 3.31. The third kappa shape index (κ3) is 1.23. The Morgan fingerprint density at radius 3 is 2.27 bits per heavy atom. The summed E-state index contributed by atoms with van der Waals surface area (Å²) in [4.78, 5) is 13.5. The monoisotopic (exact) mass is 151 g/mol. The summed E-state index contributed by atoms with van der Waals surface area (Å²) in [5.74, 6) is 1.47. The van der Waals surface area contributed by atoms with Crippen LogP contribution in [0, 0.1) is 20.8 Å². The second-order valence-electron chi connectivity index (χ2n) is 2.39. The van der Waals surface area contributed by atoms with Gasteiger partial charge in [0.15, 0.2) is 0 Å². The number of isocyanates is 1. The average molecular weight is 151 g/mol. The van der Waals surface area contributed by atoms with Gasteiger partial charge in [-0.3, -0.25) is 0 Å². The predicted molar refractivity (Wildman–Crippen MR) is 40.7 cm³/mol. The Hall–Kier alpha value is -1.34. The molecule has 0 saturated carbocycles. The van der Waals surface area contributed by atoms with E-state index in [1.165, 1.54) is 6.08 Å². The van der Waals surface area contributed by atoms with E-state index in [-0.39, 0.29) is 0 Å². The summed E-state index contributed by atoms with van der Waals surface area (Å²) in [5, 5.41) is 0. The minimum absolute atomic E-state index is 0.609. The molecular weight excluding hydrogens is 142 g/mol. The molecule has 0 aliphatic rings. The molecule has 0 bridgehead atoms. The van der Waals surface area contributed by atoms with Crippen LogP contribution >= 0.6 is 0 Å². The highest BCUT2D eigenvalue weighted by atomic mass is 16.3. The molecule has 0 saturated heterocycles. The van der Waals surface area contributed by atoms with Gasteiger partial charge >= 0.3 is 0 Å². The van der Waals surface area contributed by atoms with E-state index in [1.54, 1.807) is 6.92 Å². The fourth-order valence-electron chi connectivity index (χ4n) is 0.994. The standard InChI is InChI=1S/C8H9NO2/c1-5-6(2)11-7(3)8(5)9-4-10/h1-3H3. The average Bonchev–Trinajstić information content (AvgIpc) is 2.17. The zero-order chi connectivity index (χ0) is 8.43. The smallest absolute Gasteiger partial charge is 0.240 e. The van der Waals surface area contributed by atoms with Crippen LogP contribution in [0.2, 0.25) is 0 Å². The number of hydrogen-bond acceptors (Lipinski definition) is 3. The summed E-state index contributed by atoms with van der Waals surface area (Å²) < 4.78 is 5.23. The van der Waals surface area contributed by atoms with Crippen LogP contribution in [-0.4, -0.2) is 6.08 Å². The molecule has 1 rings (SSSR count). The fourth-order valence-corrected chi connectivity index (χ4v) is 0.994. The first kappa shape index (κ1) is 7.76. The Morgan fingerprint density at radius 2 is 1.91 bits per heavy atom. The fraction of sp³-hybridized carbons (Fsp3) is 0.375. The van der Waals surface area contributed by atoms with E-state index in [2.05, 4.69) is 4.99 Å². The van der Waals surface area contributed by atoms with Gasteiger partial charge in [-0.05, 0) is 20.8 Å². The Morgan fingerprint density at radius 1 is 1.27 bits per heavy atom. The van der Waals surface area contributed by atoms with E-state index in [0.29, 0.717) is 11.4 Å². The Bertz CT molecular complexity index is 319. The van der Waals surface area contributed by atoms with E-state index < -0.39 is 0 Å². The van der Waals surface area contributed by atoms with Crippen molar-refractivity contribution in [3.05, 3.63) is 17.1 Å². The molecule has 11 heavy (non-hydrogen) atoms. The molecule has 0 fully saturated rings. The molecule has 0 unspecified atom stereocenters. The van der Waals surface area contributed by atoms with Crippen LogP contribution in [0.4, 0.5) is 5.69 Å². The summed E-state index contributed by atoms with van der Waals surface area (Å²) in [6.07, 6.45) is 1.49. The zero-order valence-corrected chi connectivity index (χ0v) is 6.76. The minimum Gasteiger partial charge on any atom is -0.464 e. The Kier molecular flexibility index (Phi) is 1.92. The molecule has 0 aliphatic carbocycles. The third-order valence-corrected chi connectivity index (χ3v) is 1.68. The molecule has 0 spiro atoms. The van der Waals surface area contributed by atoms with E-state index >= 15 is 0 Å². The molecule has 3 heteroatoms. The van der Waals surface area contributed by atoms with Crippen molar-refractivity contribution in [2.24, 2.45) is 4.99 Å².